The van der Waals surface area contributed by atoms with Crippen molar-refractivity contribution in [2.24, 2.45) is 0 Å². The van der Waals surface area contributed by atoms with E-state index in [1.807, 2.05) is 36.9 Å². The molecule has 0 spiro atoms. The summed E-state index contributed by atoms with van der Waals surface area (Å²) in [5.41, 5.74) is 0.559. The van der Waals surface area contributed by atoms with Crippen LogP contribution in [0, 0.1) is 0 Å². The lowest BCUT2D eigenvalue weighted by molar-refractivity contribution is -0.132. The number of likely N-dealkylation sites (tertiary alicyclic amines) is 1. The van der Waals surface area contributed by atoms with E-state index in [4.69, 9.17) is 4.42 Å². The molecule has 0 N–H and O–H groups in total. The molecule has 8 heteroatoms. The number of para-hydroxylation sites is 1. The molecule has 8 nitrogen and oxygen atoms in total. The SMILES string of the molecule is CC(C)c1nnc(C2CCN(C(=O)CCn3cnc4ccccc4c3=O)CC2)o1. The molecular formula is C21H25N5O3. The maximum Gasteiger partial charge on any atom is 0.261 e. The lowest BCUT2D eigenvalue weighted by Crippen LogP contribution is -2.38. The quantitative estimate of drug-likeness (QED) is 0.659. The van der Waals surface area contributed by atoms with E-state index < -0.39 is 0 Å². The average Bonchev–Trinajstić information content (AvgIpc) is 3.24. The number of aryl methyl sites for hydroxylation is 1. The molecule has 152 valence electrons. The Morgan fingerprint density at radius 3 is 2.69 bits per heavy atom. The number of benzene rings is 1. The van der Waals surface area contributed by atoms with Gasteiger partial charge in [-0.25, -0.2) is 4.98 Å². The summed E-state index contributed by atoms with van der Waals surface area (Å²) >= 11 is 0. The first kappa shape index (κ1) is 19.3. The van der Waals surface area contributed by atoms with E-state index in [0.717, 1.165) is 12.8 Å². The first-order valence-corrected chi connectivity index (χ1v) is 10.1. The molecule has 0 radical (unpaired) electrons. The number of aromatic nitrogens is 4. The van der Waals surface area contributed by atoms with Crippen molar-refractivity contribution in [3.63, 3.8) is 0 Å². The third kappa shape index (κ3) is 4.06. The topological polar surface area (TPSA) is 94.1 Å². The smallest absolute Gasteiger partial charge is 0.261 e. The molecular weight excluding hydrogens is 370 g/mol. The Morgan fingerprint density at radius 1 is 1.21 bits per heavy atom. The van der Waals surface area contributed by atoms with Gasteiger partial charge in [-0.05, 0) is 25.0 Å². The van der Waals surface area contributed by atoms with Crippen LogP contribution in [0.2, 0.25) is 0 Å². The first-order valence-electron chi connectivity index (χ1n) is 10.1. The van der Waals surface area contributed by atoms with Crippen molar-refractivity contribution in [1.29, 1.82) is 0 Å². The second-order valence-electron chi connectivity index (χ2n) is 7.80. The average molecular weight is 395 g/mol. The van der Waals surface area contributed by atoms with Crippen LogP contribution in [0.25, 0.3) is 10.9 Å². The standard InChI is InChI=1S/C21H25N5O3/c1-14(2)19-23-24-20(29-19)15-7-10-25(11-8-15)18(27)9-12-26-13-22-17-6-4-3-5-16(17)21(26)28/h3-6,13-15H,7-12H2,1-2H3. The van der Waals surface area contributed by atoms with Gasteiger partial charge in [0.2, 0.25) is 17.7 Å². The van der Waals surface area contributed by atoms with Gasteiger partial charge < -0.3 is 9.32 Å². The van der Waals surface area contributed by atoms with Crippen LogP contribution in [0.1, 0.15) is 56.7 Å². The number of piperidine rings is 1. The molecule has 1 amide bonds. The van der Waals surface area contributed by atoms with Crippen molar-refractivity contribution >= 4 is 16.8 Å². The zero-order valence-corrected chi connectivity index (χ0v) is 16.7. The monoisotopic (exact) mass is 395 g/mol. The van der Waals surface area contributed by atoms with E-state index in [1.165, 1.54) is 10.9 Å². The highest BCUT2D eigenvalue weighted by Crippen LogP contribution is 2.28. The van der Waals surface area contributed by atoms with Gasteiger partial charge in [0.25, 0.3) is 5.56 Å². The lowest BCUT2D eigenvalue weighted by atomic mass is 9.96. The Bertz CT molecular complexity index is 1060. The van der Waals surface area contributed by atoms with E-state index in [9.17, 15) is 9.59 Å². The number of rotatable bonds is 5. The molecule has 29 heavy (non-hydrogen) atoms. The van der Waals surface area contributed by atoms with E-state index in [-0.39, 0.29) is 29.7 Å². The van der Waals surface area contributed by atoms with Crippen molar-refractivity contribution in [2.75, 3.05) is 13.1 Å². The third-order valence-electron chi connectivity index (χ3n) is 5.45. The summed E-state index contributed by atoms with van der Waals surface area (Å²) in [5, 5.41) is 8.85. The van der Waals surface area contributed by atoms with Crippen molar-refractivity contribution in [3.8, 4) is 0 Å². The number of amides is 1. The minimum absolute atomic E-state index is 0.0527. The summed E-state index contributed by atoms with van der Waals surface area (Å²) in [6, 6.07) is 7.24. The summed E-state index contributed by atoms with van der Waals surface area (Å²) in [5.74, 6) is 1.80. The number of carbonyl (C=O) groups excluding carboxylic acids is 1. The van der Waals surface area contributed by atoms with Gasteiger partial charge >= 0.3 is 0 Å². The minimum Gasteiger partial charge on any atom is -0.425 e. The number of fused-ring (bicyclic) bond motifs is 1. The molecule has 0 aliphatic carbocycles. The van der Waals surface area contributed by atoms with Crippen LogP contribution >= 0.6 is 0 Å². The maximum atomic E-state index is 12.6. The van der Waals surface area contributed by atoms with Gasteiger partial charge in [0.15, 0.2) is 0 Å². The zero-order chi connectivity index (χ0) is 20.4. The van der Waals surface area contributed by atoms with E-state index >= 15 is 0 Å². The van der Waals surface area contributed by atoms with Gasteiger partial charge in [-0.2, -0.15) is 0 Å². The molecule has 0 atom stereocenters. The summed E-state index contributed by atoms with van der Waals surface area (Å²) in [7, 11) is 0. The molecule has 1 aromatic carbocycles. The van der Waals surface area contributed by atoms with Crippen LogP contribution in [-0.2, 0) is 11.3 Å². The Labute approximate surface area is 168 Å². The molecule has 3 aromatic rings. The molecule has 1 fully saturated rings. The highest BCUT2D eigenvalue weighted by atomic mass is 16.4. The van der Waals surface area contributed by atoms with E-state index in [2.05, 4.69) is 15.2 Å². The Kier molecular flexibility index (Phi) is 5.42. The number of hydrogen-bond acceptors (Lipinski definition) is 6. The summed E-state index contributed by atoms with van der Waals surface area (Å²) in [4.78, 5) is 31.3. The Balaban J connectivity index is 1.33. The predicted octanol–water partition coefficient (Wildman–Crippen LogP) is 2.70. The molecule has 0 saturated carbocycles. The van der Waals surface area contributed by atoms with Gasteiger partial charge in [0.05, 0.1) is 17.2 Å². The molecule has 1 aliphatic heterocycles. The number of carbonyl (C=O) groups is 1. The third-order valence-corrected chi connectivity index (χ3v) is 5.45. The van der Waals surface area contributed by atoms with E-state index in [0.29, 0.717) is 42.3 Å². The summed E-state index contributed by atoms with van der Waals surface area (Å²) in [6.07, 6.45) is 3.42. The van der Waals surface area contributed by atoms with Gasteiger partial charge in [0.1, 0.15) is 0 Å². The molecule has 3 heterocycles. The van der Waals surface area contributed by atoms with Crippen molar-refractivity contribution in [1.82, 2.24) is 24.6 Å². The number of hydrogen-bond donors (Lipinski definition) is 0. The molecule has 0 unspecified atom stereocenters. The van der Waals surface area contributed by atoms with Gasteiger partial charge in [-0.15, -0.1) is 10.2 Å². The highest BCUT2D eigenvalue weighted by molar-refractivity contribution is 5.77. The second-order valence-corrected chi connectivity index (χ2v) is 7.80. The second kappa shape index (κ2) is 8.14. The van der Waals surface area contributed by atoms with Crippen LogP contribution in [0.5, 0.6) is 0 Å². The number of nitrogens with zero attached hydrogens (tertiary/aromatic N) is 5. The Morgan fingerprint density at radius 2 is 1.97 bits per heavy atom. The Hall–Kier alpha value is -3.03. The molecule has 1 saturated heterocycles. The lowest BCUT2D eigenvalue weighted by Gasteiger charge is -2.30. The first-order chi connectivity index (χ1) is 14.0. The van der Waals surface area contributed by atoms with Gasteiger partial charge in [-0.3, -0.25) is 14.2 Å². The summed E-state index contributed by atoms with van der Waals surface area (Å²) < 4.78 is 7.28. The largest absolute Gasteiger partial charge is 0.425 e. The zero-order valence-electron chi connectivity index (χ0n) is 16.7. The predicted molar refractivity (Wildman–Crippen MR) is 108 cm³/mol. The minimum atomic E-state index is -0.112. The normalized spacial score (nSPS) is 15.3. The van der Waals surface area contributed by atoms with Crippen LogP contribution in [0.4, 0.5) is 0 Å². The highest BCUT2D eigenvalue weighted by Gasteiger charge is 2.27. The van der Waals surface area contributed by atoms with E-state index in [1.54, 1.807) is 6.07 Å². The molecule has 4 rings (SSSR count). The van der Waals surface area contributed by atoms with Crippen LogP contribution in [0.15, 0.2) is 39.8 Å². The van der Waals surface area contributed by atoms with Gasteiger partial charge in [-0.1, -0.05) is 26.0 Å². The molecule has 0 bridgehead atoms. The fourth-order valence-electron chi connectivity index (χ4n) is 3.66. The molecule has 2 aromatic heterocycles. The molecule has 1 aliphatic rings. The maximum absolute atomic E-state index is 12.6. The summed E-state index contributed by atoms with van der Waals surface area (Å²) in [6.45, 7) is 5.70. The van der Waals surface area contributed by atoms with Crippen molar-refractivity contribution < 1.29 is 9.21 Å². The van der Waals surface area contributed by atoms with Crippen molar-refractivity contribution in [2.45, 2.75) is 51.5 Å². The van der Waals surface area contributed by atoms with Crippen LogP contribution < -0.4 is 5.56 Å². The fraction of sp³-hybridized carbons (Fsp3) is 0.476. The van der Waals surface area contributed by atoms with Crippen molar-refractivity contribution in [3.05, 3.63) is 52.7 Å². The van der Waals surface area contributed by atoms with Crippen LogP contribution in [0.3, 0.4) is 0 Å². The van der Waals surface area contributed by atoms with Crippen LogP contribution in [-0.4, -0.2) is 43.6 Å². The fourth-order valence-corrected chi connectivity index (χ4v) is 3.66. The van der Waals surface area contributed by atoms with Gasteiger partial charge in [0, 0.05) is 37.9 Å².